The van der Waals surface area contributed by atoms with Gasteiger partial charge in [0.15, 0.2) is 18.1 Å². The minimum absolute atomic E-state index is 0.163. The van der Waals surface area contributed by atoms with E-state index in [1.54, 1.807) is 18.2 Å². The van der Waals surface area contributed by atoms with Gasteiger partial charge in [0, 0.05) is 6.04 Å². The van der Waals surface area contributed by atoms with Crippen LogP contribution in [0, 0.1) is 5.92 Å². The maximum Gasteiger partial charge on any atom is 0.342 e. The Kier molecular flexibility index (Phi) is 6.46. The molecule has 6 heteroatoms. The molecule has 0 heterocycles. The maximum absolute atomic E-state index is 12.2. The van der Waals surface area contributed by atoms with E-state index in [-0.39, 0.29) is 24.1 Å². The monoisotopic (exact) mass is 335 g/mol. The second kappa shape index (κ2) is 8.57. The van der Waals surface area contributed by atoms with E-state index in [1.807, 2.05) is 0 Å². The number of carbonyl (C=O) groups excluding carboxylic acids is 2. The van der Waals surface area contributed by atoms with Crippen molar-refractivity contribution in [2.24, 2.45) is 5.92 Å². The Morgan fingerprint density at radius 3 is 2.58 bits per heavy atom. The van der Waals surface area contributed by atoms with E-state index in [2.05, 4.69) is 12.2 Å². The molecule has 0 bridgehead atoms. The number of amides is 1. The molecule has 0 unspecified atom stereocenters. The van der Waals surface area contributed by atoms with Gasteiger partial charge in [-0.05, 0) is 30.9 Å². The van der Waals surface area contributed by atoms with Crippen molar-refractivity contribution < 1.29 is 23.8 Å². The molecular formula is C18H25NO5. The van der Waals surface area contributed by atoms with Crippen molar-refractivity contribution in [1.29, 1.82) is 0 Å². The van der Waals surface area contributed by atoms with Crippen molar-refractivity contribution in [2.45, 2.75) is 38.6 Å². The van der Waals surface area contributed by atoms with Crippen molar-refractivity contribution in [3.63, 3.8) is 0 Å². The van der Waals surface area contributed by atoms with E-state index in [0.717, 1.165) is 19.3 Å². The van der Waals surface area contributed by atoms with Gasteiger partial charge in [-0.1, -0.05) is 25.8 Å². The van der Waals surface area contributed by atoms with Crippen LogP contribution in [0.4, 0.5) is 0 Å². The standard InChI is InChI=1S/C18H25NO5/c1-12-7-4-5-9-14(12)19-16(20)11-24-18(21)13-8-6-10-15(22-2)17(13)23-3/h6,8,10,12,14H,4-5,7,9,11H2,1-3H3,(H,19,20)/t12-,14-/m0/s1. The minimum Gasteiger partial charge on any atom is -0.493 e. The van der Waals surface area contributed by atoms with Crippen LogP contribution in [0.25, 0.3) is 0 Å². The van der Waals surface area contributed by atoms with Gasteiger partial charge in [-0.2, -0.15) is 0 Å². The highest BCUT2D eigenvalue weighted by molar-refractivity contribution is 5.95. The summed E-state index contributed by atoms with van der Waals surface area (Å²) in [7, 11) is 2.94. The van der Waals surface area contributed by atoms with Gasteiger partial charge in [0.2, 0.25) is 0 Å². The number of methoxy groups -OCH3 is 2. The summed E-state index contributed by atoms with van der Waals surface area (Å²) in [5.74, 6) is 0.303. The highest BCUT2D eigenvalue weighted by atomic mass is 16.5. The van der Waals surface area contributed by atoms with Crippen LogP contribution in [0.2, 0.25) is 0 Å². The predicted molar refractivity (Wildman–Crippen MR) is 89.4 cm³/mol. The summed E-state index contributed by atoms with van der Waals surface area (Å²) in [6.07, 6.45) is 4.42. The highest BCUT2D eigenvalue weighted by Crippen LogP contribution is 2.31. The Hall–Kier alpha value is -2.24. The lowest BCUT2D eigenvalue weighted by Gasteiger charge is -2.29. The van der Waals surface area contributed by atoms with Crippen molar-refractivity contribution in [1.82, 2.24) is 5.32 Å². The molecule has 1 fully saturated rings. The maximum atomic E-state index is 12.2. The summed E-state index contributed by atoms with van der Waals surface area (Å²) < 4.78 is 15.5. The average molecular weight is 335 g/mol. The number of rotatable bonds is 6. The van der Waals surface area contributed by atoms with E-state index in [0.29, 0.717) is 17.4 Å². The van der Waals surface area contributed by atoms with Gasteiger partial charge in [0.1, 0.15) is 5.56 Å². The first-order valence-corrected chi connectivity index (χ1v) is 8.24. The first kappa shape index (κ1) is 18.1. The van der Waals surface area contributed by atoms with Gasteiger partial charge >= 0.3 is 5.97 Å². The van der Waals surface area contributed by atoms with E-state index < -0.39 is 5.97 Å². The topological polar surface area (TPSA) is 73.9 Å². The van der Waals surface area contributed by atoms with Gasteiger partial charge in [0.05, 0.1) is 14.2 Å². The first-order valence-electron chi connectivity index (χ1n) is 8.24. The fourth-order valence-corrected chi connectivity index (χ4v) is 3.04. The molecule has 1 aliphatic carbocycles. The average Bonchev–Trinajstić information content (AvgIpc) is 2.60. The molecule has 0 aliphatic heterocycles. The highest BCUT2D eigenvalue weighted by Gasteiger charge is 2.24. The molecular weight excluding hydrogens is 310 g/mol. The predicted octanol–water partition coefficient (Wildman–Crippen LogP) is 2.56. The second-order valence-electron chi connectivity index (χ2n) is 6.05. The summed E-state index contributed by atoms with van der Waals surface area (Å²) >= 11 is 0. The molecule has 2 atom stereocenters. The van der Waals surface area contributed by atoms with Crippen LogP contribution in [-0.2, 0) is 9.53 Å². The minimum atomic E-state index is -0.613. The fourth-order valence-electron chi connectivity index (χ4n) is 3.04. The molecule has 6 nitrogen and oxygen atoms in total. The van der Waals surface area contributed by atoms with Crippen LogP contribution in [0.5, 0.6) is 11.5 Å². The lowest BCUT2D eigenvalue weighted by atomic mass is 9.86. The van der Waals surface area contributed by atoms with Gasteiger partial charge in [-0.25, -0.2) is 4.79 Å². The summed E-state index contributed by atoms with van der Waals surface area (Å²) in [6.45, 7) is 1.83. The first-order chi connectivity index (χ1) is 11.6. The molecule has 0 saturated heterocycles. The molecule has 1 aliphatic rings. The molecule has 1 saturated carbocycles. The molecule has 1 aromatic carbocycles. The molecule has 0 spiro atoms. The smallest absolute Gasteiger partial charge is 0.342 e. The summed E-state index contributed by atoms with van der Waals surface area (Å²) in [6, 6.07) is 5.09. The third-order valence-corrected chi connectivity index (χ3v) is 4.42. The summed E-state index contributed by atoms with van der Waals surface area (Å²) in [4.78, 5) is 24.2. The number of nitrogens with one attached hydrogen (secondary N) is 1. The van der Waals surface area contributed by atoms with Gasteiger partial charge in [-0.15, -0.1) is 0 Å². The van der Waals surface area contributed by atoms with Crippen LogP contribution < -0.4 is 14.8 Å². The van der Waals surface area contributed by atoms with Crippen molar-refractivity contribution in [2.75, 3.05) is 20.8 Å². The molecule has 132 valence electrons. The quantitative estimate of drug-likeness (QED) is 0.809. The largest absolute Gasteiger partial charge is 0.493 e. The number of carbonyl (C=O) groups is 2. The molecule has 1 amide bonds. The Bertz CT molecular complexity index is 587. The normalized spacial score (nSPS) is 20.1. The number of esters is 1. The summed E-state index contributed by atoms with van der Waals surface area (Å²) in [5, 5.41) is 2.95. The van der Waals surface area contributed by atoms with Gasteiger partial charge in [-0.3, -0.25) is 4.79 Å². The third kappa shape index (κ3) is 4.40. The number of hydrogen-bond donors (Lipinski definition) is 1. The molecule has 1 aromatic rings. The van der Waals surface area contributed by atoms with E-state index in [9.17, 15) is 9.59 Å². The van der Waals surface area contributed by atoms with Crippen molar-refractivity contribution in [3.05, 3.63) is 23.8 Å². The zero-order valence-electron chi connectivity index (χ0n) is 14.5. The molecule has 1 N–H and O–H groups in total. The van der Waals surface area contributed by atoms with Crippen LogP contribution in [0.15, 0.2) is 18.2 Å². The Balaban J connectivity index is 1.92. The molecule has 24 heavy (non-hydrogen) atoms. The zero-order chi connectivity index (χ0) is 17.5. The lowest BCUT2D eigenvalue weighted by molar-refractivity contribution is -0.125. The van der Waals surface area contributed by atoms with Crippen LogP contribution in [-0.4, -0.2) is 38.7 Å². The van der Waals surface area contributed by atoms with Crippen molar-refractivity contribution >= 4 is 11.9 Å². The fraction of sp³-hybridized carbons (Fsp3) is 0.556. The van der Waals surface area contributed by atoms with E-state index in [4.69, 9.17) is 14.2 Å². The van der Waals surface area contributed by atoms with E-state index >= 15 is 0 Å². The number of ether oxygens (including phenoxy) is 3. The Labute approximate surface area is 142 Å². The van der Waals surface area contributed by atoms with Crippen molar-refractivity contribution in [3.8, 4) is 11.5 Å². The second-order valence-corrected chi connectivity index (χ2v) is 6.05. The number of hydrogen-bond acceptors (Lipinski definition) is 5. The van der Waals surface area contributed by atoms with Crippen LogP contribution in [0.1, 0.15) is 43.0 Å². The Morgan fingerprint density at radius 1 is 1.17 bits per heavy atom. The van der Waals surface area contributed by atoms with Crippen LogP contribution in [0.3, 0.4) is 0 Å². The van der Waals surface area contributed by atoms with Gasteiger partial charge in [0.25, 0.3) is 5.91 Å². The number of para-hydroxylation sites is 1. The molecule has 0 radical (unpaired) electrons. The third-order valence-electron chi connectivity index (χ3n) is 4.42. The van der Waals surface area contributed by atoms with Crippen LogP contribution >= 0.6 is 0 Å². The lowest BCUT2D eigenvalue weighted by Crippen LogP contribution is -2.42. The molecule has 2 rings (SSSR count). The zero-order valence-corrected chi connectivity index (χ0v) is 14.5. The van der Waals surface area contributed by atoms with E-state index in [1.165, 1.54) is 20.6 Å². The number of benzene rings is 1. The van der Waals surface area contributed by atoms with Gasteiger partial charge < -0.3 is 19.5 Å². The SMILES string of the molecule is COc1cccc(C(=O)OCC(=O)N[C@H]2CCCC[C@@H]2C)c1OC. The Morgan fingerprint density at radius 2 is 1.92 bits per heavy atom. The summed E-state index contributed by atoms with van der Waals surface area (Å²) in [5.41, 5.74) is 0.232. The molecule has 0 aromatic heterocycles.